The summed E-state index contributed by atoms with van der Waals surface area (Å²) in [7, 11) is 3.46. The maximum atomic E-state index is 5.86. The van der Waals surface area contributed by atoms with Crippen molar-refractivity contribution in [3.8, 4) is 34.0 Å². The van der Waals surface area contributed by atoms with Gasteiger partial charge in [0.25, 0.3) is 0 Å². The Balaban J connectivity index is 1.57. The number of nitrogens with one attached hydrogen (secondary N) is 2. The Morgan fingerprint density at radius 1 is 0.628 bits per heavy atom. The summed E-state index contributed by atoms with van der Waals surface area (Å²) in [6.45, 7) is 4.45. The van der Waals surface area contributed by atoms with Crippen LogP contribution >= 0.6 is 31.9 Å². The van der Waals surface area contributed by atoms with Gasteiger partial charge >= 0.3 is 0 Å². The zero-order chi connectivity index (χ0) is 30.3. The third-order valence-electron chi connectivity index (χ3n) is 8.01. The first-order chi connectivity index (χ1) is 21.0. The second-order valence-electron chi connectivity index (χ2n) is 11.0. The average Bonchev–Trinajstić information content (AvgIpc) is 3.70. The molecule has 0 aliphatic carbocycles. The Morgan fingerprint density at radius 2 is 1.09 bits per heavy atom. The van der Waals surface area contributed by atoms with Crippen molar-refractivity contribution in [2.24, 2.45) is 0 Å². The Hall–Kier alpha value is -3.22. The van der Waals surface area contributed by atoms with Crippen LogP contribution in [-0.4, -0.2) is 24.2 Å². The molecule has 0 fully saturated rings. The quantitative estimate of drug-likeness (QED) is 0.128. The van der Waals surface area contributed by atoms with E-state index in [1.807, 2.05) is 0 Å². The fraction of sp³-hybridized carbons (Fsp3) is 0.297. The summed E-state index contributed by atoms with van der Waals surface area (Å²) >= 11 is 7.52. The SMILES string of the molecule is CCCCc1cc(Br)c(OC)c(-c2ccc(C(c3ccccc3)c3ccc(-c4cc(CCCC)cc(Br)c4OC)[nH]3)[nH]2)c1. The van der Waals surface area contributed by atoms with Crippen LogP contribution in [0.25, 0.3) is 22.5 Å². The summed E-state index contributed by atoms with van der Waals surface area (Å²) in [5.74, 6) is 1.67. The van der Waals surface area contributed by atoms with Crippen LogP contribution in [0.5, 0.6) is 11.5 Å². The maximum absolute atomic E-state index is 5.86. The number of hydrogen-bond acceptors (Lipinski definition) is 2. The normalized spacial score (nSPS) is 11.3. The van der Waals surface area contributed by atoms with Crippen LogP contribution in [0.4, 0.5) is 0 Å². The average molecular weight is 705 g/mol. The van der Waals surface area contributed by atoms with E-state index in [2.05, 4.69) is 135 Å². The predicted molar refractivity (Wildman–Crippen MR) is 186 cm³/mol. The lowest BCUT2D eigenvalue weighted by molar-refractivity contribution is 0.413. The van der Waals surface area contributed by atoms with E-state index >= 15 is 0 Å². The highest BCUT2D eigenvalue weighted by molar-refractivity contribution is 9.11. The molecule has 5 rings (SSSR count). The first kappa shape index (κ1) is 31.2. The molecule has 0 saturated carbocycles. The van der Waals surface area contributed by atoms with E-state index in [4.69, 9.17) is 9.47 Å². The topological polar surface area (TPSA) is 50.0 Å². The van der Waals surface area contributed by atoms with Crippen molar-refractivity contribution in [2.45, 2.75) is 58.3 Å². The molecule has 0 amide bonds. The number of methoxy groups -OCH3 is 2. The fourth-order valence-electron chi connectivity index (χ4n) is 5.81. The van der Waals surface area contributed by atoms with E-state index in [0.29, 0.717) is 0 Å². The smallest absolute Gasteiger partial charge is 0.142 e. The van der Waals surface area contributed by atoms with Gasteiger partial charge in [-0.25, -0.2) is 0 Å². The standard InChI is InChI=1S/C37H40Br2N2O2/c1-5-7-12-24-20-27(36(42-3)29(38)22-24)31-16-18-33(40-31)35(26-14-10-9-11-15-26)34-19-17-32(41-34)28-21-25(13-8-6-2)23-30(39)37(28)43-4/h9-11,14-23,35,40-41H,5-8,12-13H2,1-4H3. The molecular formula is C37H40Br2N2O2. The number of hydrogen-bond donors (Lipinski definition) is 2. The molecule has 0 bridgehead atoms. The maximum Gasteiger partial charge on any atom is 0.142 e. The van der Waals surface area contributed by atoms with Gasteiger partial charge in [-0.05, 0) is 123 Å². The van der Waals surface area contributed by atoms with Gasteiger partial charge in [0.05, 0.1) is 29.1 Å². The molecule has 6 heteroatoms. The van der Waals surface area contributed by atoms with Gasteiger partial charge in [0.15, 0.2) is 0 Å². The predicted octanol–water partition coefficient (Wildman–Crippen LogP) is 11.1. The monoisotopic (exact) mass is 702 g/mol. The van der Waals surface area contributed by atoms with Crippen molar-refractivity contribution >= 4 is 31.9 Å². The van der Waals surface area contributed by atoms with Crippen LogP contribution in [0.1, 0.15) is 73.5 Å². The van der Waals surface area contributed by atoms with E-state index in [9.17, 15) is 0 Å². The van der Waals surface area contributed by atoms with Gasteiger partial charge in [-0.2, -0.15) is 0 Å². The lowest BCUT2D eigenvalue weighted by atomic mass is 9.93. The molecule has 0 unspecified atom stereocenters. The fourth-order valence-corrected chi connectivity index (χ4v) is 7.15. The van der Waals surface area contributed by atoms with E-state index in [1.54, 1.807) is 14.2 Å². The van der Waals surface area contributed by atoms with E-state index in [0.717, 1.165) is 92.9 Å². The number of H-pyrrole nitrogens is 2. The molecule has 224 valence electrons. The van der Waals surface area contributed by atoms with E-state index < -0.39 is 0 Å². The number of unbranched alkanes of at least 4 members (excludes halogenated alkanes) is 2. The molecule has 5 aromatic rings. The summed E-state index contributed by atoms with van der Waals surface area (Å²) in [6.07, 6.45) is 6.71. The molecule has 0 aliphatic rings. The third-order valence-corrected chi connectivity index (χ3v) is 9.18. The molecule has 4 nitrogen and oxygen atoms in total. The lowest BCUT2D eigenvalue weighted by Gasteiger charge is -2.17. The molecule has 2 N–H and O–H groups in total. The van der Waals surface area contributed by atoms with Crippen molar-refractivity contribution in [2.75, 3.05) is 14.2 Å². The summed E-state index contributed by atoms with van der Waals surface area (Å²) in [5.41, 5.74) is 10.2. The molecule has 0 aliphatic heterocycles. The van der Waals surface area contributed by atoms with Crippen LogP contribution in [0.2, 0.25) is 0 Å². The summed E-state index contributed by atoms with van der Waals surface area (Å²) in [4.78, 5) is 7.54. The summed E-state index contributed by atoms with van der Waals surface area (Å²) in [6, 6.07) is 28.3. The zero-order valence-corrected chi connectivity index (χ0v) is 28.6. The van der Waals surface area contributed by atoms with Gasteiger partial charge in [0.1, 0.15) is 11.5 Å². The number of aryl methyl sites for hydroxylation is 2. The second-order valence-corrected chi connectivity index (χ2v) is 12.7. The van der Waals surface area contributed by atoms with Gasteiger partial charge in [-0.3, -0.25) is 0 Å². The number of aromatic amines is 2. The van der Waals surface area contributed by atoms with E-state index in [-0.39, 0.29) is 5.92 Å². The number of ether oxygens (including phenoxy) is 2. The van der Waals surface area contributed by atoms with Crippen molar-refractivity contribution in [1.29, 1.82) is 0 Å². The van der Waals surface area contributed by atoms with Crippen LogP contribution in [0, 0.1) is 0 Å². The highest BCUT2D eigenvalue weighted by Gasteiger charge is 2.23. The number of halogens is 2. The Kier molecular flexibility index (Phi) is 10.5. The Labute approximate surface area is 272 Å². The lowest BCUT2D eigenvalue weighted by Crippen LogP contribution is -2.04. The number of rotatable bonds is 13. The highest BCUT2D eigenvalue weighted by atomic mass is 79.9. The molecule has 0 atom stereocenters. The van der Waals surface area contributed by atoms with Crippen LogP contribution in [-0.2, 0) is 12.8 Å². The third kappa shape index (κ3) is 6.97. The minimum Gasteiger partial charge on any atom is -0.495 e. The largest absolute Gasteiger partial charge is 0.495 e. The van der Waals surface area contributed by atoms with Gasteiger partial charge < -0.3 is 19.4 Å². The molecule has 0 radical (unpaired) electrons. The first-order valence-corrected chi connectivity index (χ1v) is 16.7. The van der Waals surface area contributed by atoms with Crippen molar-refractivity contribution in [1.82, 2.24) is 9.97 Å². The van der Waals surface area contributed by atoms with Gasteiger partial charge in [-0.1, -0.05) is 57.0 Å². The Bertz CT molecular complexity index is 1550. The number of benzene rings is 3. The summed E-state index contributed by atoms with van der Waals surface area (Å²) < 4.78 is 13.7. The molecular weight excluding hydrogens is 664 g/mol. The van der Waals surface area contributed by atoms with Gasteiger partial charge in [0, 0.05) is 33.9 Å². The Morgan fingerprint density at radius 3 is 1.51 bits per heavy atom. The van der Waals surface area contributed by atoms with Crippen molar-refractivity contribution in [3.05, 3.63) is 116 Å². The van der Waals surface area contributed by atoms with Crippen LogP contribution < -0.4 is 9.47 Å². The molecule has 0 spiro atoms. The van der Waals surface area contributed by atoms with Crippen LogP contribution in [0.15, 0.2) is 87.8 Å². The zero-order valence-electron chi connectivity index (χ0n) is 25.4. The summed E-state index contributed by atoms with van der Waals surface area (Å²) in [5, 5.41) is 0. The molecule has 0 saturated heterocycles. The molecule has 43 heavy (non-hydrogen) atoms. The highest BCUT2D eigenvalue weighted by Crippen LogP contribution is 2.42. The minimum atomic E-state index is -0.0147. The van der Waals surface area contributed by atoms with Crippen LogP contribution in [0.3, 0.4) is 0 Å². The van der Waals surface area contributed by atoms with E-state index in [1.165, 1.54) is 16.7 Å². The minimum absolute atomic E-state index is 0.0147. The molecule has 2 heterocycles. The first-order valence-electron chi connectivity index (χ1n) is 15.1. The van der Waals surface area contributed by atoms with Crippen molar-refractivity contribution < 1.29 is 9.47 Å². The molecule has 2 aromatic heterocycles. The van der Waals surface area contributed by atoms with Crippen molar-refractivity contribution in [3.63, 3.8) is 0 Å². The number of aromatic nitrogens is 2. The molecule has 3 aromatic carbocycles. The second kappa shape index (κ2) is 14.5. The van der Waals surface area contributed by atoms with Gasteiger partial charge in [-0.15, -0.1) is 0 Å². The van der Waals surface area contributed by atoms with Gasteiger partial charge in [0.2, 0.25) is 0 Å².